The number of hydrogen-bond donors (Lipinski definition) is 1. The average molecular weight is 358 g/mol. The predicted octanol–water partition coefficient (Wildman–Crippen LogP) is 0.704. The molecule has 7 heteroatoms. The van der Waals surface area contributed by atoms with Crippen LogP contribution in [0.25, 0.3) is 0 Å². The molecular formula is C19H26N4O3. The Balaban J connectivity index is 1.46. The first-order valence-electron chi connectivity index (χ1n) is 9.05. The minimum Gasteiger partial charge on any atom is -0.339 e. The van der Waals surface area contributed by atoms with Gasteiger partial charge < -0.3 is 9.80 Å². The monoisotopic (exact) mass is 358 g/mol. The normalized spacial score (nSPS) is 20.4. The van der Waals surface area contributed by atoms with Gasteiger partial charge in [-0.15, -0.1) is 0 Å². The molecule has 2 fully saturated rings. The number of amides is 4. The highest BCUT2D eigenvalue weighted by Crippen LogP contribution is 2.20. The van der Waals surface area contributed by atoms with E-state index in [9.17, 15) is 14.4 Å². The molecule has 1 N–H and O–H groups in total. The minimum absolute atomic E-state index is 0.0609. The summed E-state index contributed by atoms with van der Waals surface area (Å²) in [6.07, 6.45) is 0.999. The molecule has 1 aromatic carbocycles. The van der Waals surface area contributed by atoms with Crippen molar-refractivity contribution in [2.45, 2.75) is 25.8 Å². The molecule has 0 radical (unpaired) electrons. The van der Waals surface area contributed by atoms with Crippen molar-refractivity contribution in [3.8, 4) is 0 Å². The smallest absolute Gasteiger partial charge is 0.325 e. The molecule has 0 bridgehead atoms. The molecule has 140 valence electrons. The maximum Gasteiger partial charge on any atom is 0.325 e. The highest BCUT2D eigenvalue weighted by atomic mass is 16.2. The number of imide groups is 1. The van der Waals surface area contributed by atoms with Crippen molar-refractivity contribution < 1.29 is 14.4 Å². The van der Waals surface area contributed by atoms with Crippen LogP contribution in [-0.4, -0.2) is 77.4 Å². The molecule has 0 spiro atoms. The zero-order valence-electron chi connectivity index (χ0n) is 15.4. The molecule has 2 saturated heterocycles. The summed E-state index contributed by atoms with van der Waals surface area (Å²) in [4.78, 5) is 41.7. The van der Waals surface area contributed by atoms with Gasteiger partial charge in [0, 0.05) is 32.7 Å². The van der Waals surface area contributed by atoms with Gasteiger partial charge >= 0.3 is 6.03 Å². The van der Waals surface area contributed by atoms with E-state index in [1.807, 2.05) is 18.2 Å². The Morgan fingerprint density at radius 2 is 1.73 bits per heavy atom. The van der Waals surface area contributed by atoms with Gasteiger partial charge in [-0.3, -0.25) is 19.8 Å². The van der Waals surface area contributed by atoms with Crippen LogP contribution in [0.3, 0.4) is 0 Å². The second-order valence-corrected chi connectivity index (χ2v) is 7.36. The Hall–Kier alpha value is -2.41. The van der Waals surface area contributed by atoms with E-state index in [0.29, 0.717) is 13.1 Å². The molecule has 0 atom stereocenters. The van der Waals surface area contributed by atoms with Crippen molar-refractivity contribution >= 4 is 17.8 Å². The Labute approximate surface area is 153 Å². The van der Waals surface area contributed by atoms with Crippen LogP contribution in [0.5, 0.6) is 0 Å². The molecule has 3 rings (SSSR count). The molecule has 26 heavy (non-hydrogen) atoms. The summed E-state index contributed by atoms with van der Waals surface area (Å²) in [6, 6.07) is 9.88. The van der Waals surface area contributed by atoms with Gasteiger partial charge in [-0.1, -0.05) is 30.3 Å². The van der Waals surface area contributed by atoms with Crippen molar-refractivity contribution in [1.29, 1.82) is 0 Å². The summed E-state index contributed by atoms with van der Waals surface area (Å²) < 4.78 is 0. The van der Waals surface area contributed by atoms with E-state index in [-0.39, 0.29) is 18.4 Å². The lowest BCUT2D eigenvalue weighted by Crippen LogP contribution is -2.54. The fourth-order valence-corrected chi connectivity index (χ4v) is 3.35. The van der Waals surface area contributed by atoms with E-state index in [4.69, 9.17) is 0 Å². The number of piperazine rings is 1. The number of nitrogens with one attached hydrogen (secondary N) is 1. The first kappa shape index (κ1) is 18.4. The number of carbonyl (C=O) groups is 3. The zero-order chi connectivity index (χ0) is 18.7. The highest BCUT2D eigenvalue weighted by molar-refractivity contribution is 6.07. The molecule has 4 amide bonds. The van der Waals surface area contributed by atoms with Crippen molar-refractivity contribution in [1.82, 2.24) is 20.0 Å². The van der Waals surface area contributed by atoms with E-state index < -0.39 is 11.6 Å². The topological polar surface area (TPSA) is 73.0 Å². The molecule has 2 aliphatic rings. The van der Waals surface area contributed by atoms with Gasteiger partial charge in [-0.25, -0.2) is 4.79 Å². The molecule has 2 heterocycles. The van der Waals surface area contributed by atoms with E-state index in [0.717, 1.165) is 26.1 Å². The van der Waals surface area contributed by atoms with Crippen LogP contribution in [0, 0.1) is 0 Å². The Morgan fingerprint density at radius 3 is 2.31 bits per heavy atom. The zero-order valence-corrected chi connectivity index (χ0v) is 15.4. The summed E-state index contributed by atoms with van der Waals surface area (Å²) in [5.41, 5.74) is 0.336. The Kier molecular flexibility index (Phi) is 5.27. The van der Waals surface area contributed by atoms with Gasteiger partial charge in [0.05, 0.1) is 0 Å². The molecule has 1 aromatic rings. The van der Waals surface area contributed by atoms with Crippen molar-refractivity contribution in [2.24, 2.45) is 0 Å². The largest absolute Gasteiger partial charge is 0.339 e. The van der Waals surface area contributed by atoms with Crippen LogP contribution in [-0.2, 0) is 16.0 Å². The number of carbonyl (C=O) groups excluding carboxylic acids is 3. The molecule has 0 aliphatic carbocycles. The number of rotatable bonds is 5. The molecular weight excluding hydrogens is 332 g/mol. The van der Waals surface area contributed by atoms with Gasteiger partial charge in [0.15, 0.2) is 0 Å². The first-order valence-corrected chi connectivity index (χ1v) is 9.05. The third-order valence-corrected chi connectivity index (χ3v) is 5.27. The molecule has 0 aromatic heterocycles. The van der Waals surface area contributed by atoms with Crippen LogP contribution >= 0.6 is 0 Å². The number of nitrogens with zero attached hydrogens (tertiary/aromatic N) is 3. The van der Waals surface area contributed by atoms with E-state index in [2.05, 4.69) is 22.3 Å². The van der Waals surface area contributed by atoms with E-state index in [1.165, 1.54) is 10.5 Å². The lowest BCUT2D eigenvalue weighted by molar-refractivity contribution is -0.135. The SMILES string of the molecule is CC1(C)C(=O)NC(=O)N1CC(=O)N1CCN(CCc2ccccc2)CC1. The second kappa shape index (κ2) is 7.45. The third kappa shape index (κ3) is 3.88. The van der Waals surface area contributed by atoms with Crippen LogP contribution in [0.2, 0.25) is 0 Å². The van der Waals surface area contributed by atoms with Gasteiger partial charge in [0.2, 0.25) is 5.91 Å². The van der Waals surface area contributed by atoms with Crippen molar-refractivity contribution in [3.05, 3.63) is 35.9 Å². The summed E-state index contributed by atoms with van der Waals surface area (Å²) >= 11 is 0. The minimum atomic E-state index is -0.982. The summed E-state index contributed by atoms with van der Waals surface area (Å²) in [6.45, 7) is 7.18. The van der Waals surface area contributed by atoms with E-state index >= 15 is 0 Å². The first-order chi connectivity index (χ1) is 12.4. The Morgan fingerprint density at radius 1 is 1.08 bits per heavy atom. The number of benzene rings is 1. The highest BCUT2D eigenvalue weighted by Gasteiger charge is 2.46. The maximum absolute atomic E-state index is 12.6. The second-order valence-electron chi connectivity index (χ2n) is 7.36. The fraction of sp³-hybridized carbons (Fsp3) is 0.526. The predicted molar refractivity (Wildman–Crippen MR) is 97.5 cm³/mol. The van der Waals surface area contributed by atoms with Crippen LogP contribution in [0.4, 0.5) is 4.79 Å². The van der Waals surface area contributed by atoms with Gasteiger partial charge in [-0.05, 0) is 25.8 Å². The number of urea groups is 1. The molecule has 0 unspecified atom stereocenters. The van der Waals surface area contributed by atoms with Gasteiger partial charge in [0.25, 0.3) is 5.91 Å². The standard InChI is InChI=1S/C19H26N4O3/c1-19(2)17(25)20-18(26)23(19)14-16(24)22-12-10-21(11-13-22)9-8-15-6-4-3-5-7-15/h3-7H,8-14H2,1-2H3,(H,20,25,26). The quantitative estimate of drug-likeness (QED) is 0.787. The maximum atomic E-state index is 12.6. The molecule has 7 nitrogen and oxygen atoms in total. The average Bonchev–Trinajstić information content (AvgIpc) is 2.83. The summed E-state index contributed by atoms with van der Waals surface area (Å²) in [7, 11) is 0. The third-order valence-electron chi connectivity index (χ3n) is 5.27. The number of hydrogen-bond acceptors (Lipinski definition) is 4. The molecule has 2 aliphatic heterocycles. The van der Waals surface area contributed by atoms with Crippen molar-refractivity contribution in [2.75, 3.05) is 39.3 Å². The van der Waals surface area contributed by atoms with E-state index in [1.54, 1.807) is 18.7 Å². The van der Waals surface area contributed by atoms with Crippen molar-refractivity contribution in [3.63, 3.8) is 0 Å². The lowest BCUT2D eigenvalue weighted by atomic mass is 10.0. The molecule has 0 saturated carbocycles. The van der Waals surface area contributed by atoms with Crippen LogP contribution in [0.1, 0.15) is 19.4 Å². The van der Waals surface area contributed by atoms with Crippen LogP contribution < -0.4 is 5.32 Å². The fourth-order valence-electron chi connectivity index (χ4n) is 3.35. The van der Waals surface area contributed by atoms with Gasteiger partial charge in [0.1, 0.15) is 12.1 Å². The summed E-state index contributed by atoms with van der Waals surface area (Å²) in [5, 5.41) is 2.27. The summed E-state index contributed by atoms with van der Waals surface area (Å²) in [5.74, 6) is -0.466. The van der Waals surface area contributed by atoms with Crippen LogP contribution in [0.15, 0.2) is 30.3 Å². The Bertz CT molecular complexity index is 681. The van der Waals surface area contributed by atoms with Gasteiger partial charge in [-0.2, -0.15) is 0 Å². The lowest BCUT2D eigenvalue weighted by Gasteiger charge is -2.36.